The van der Waals surface area contributed by atoms with Crippen molar-refractivity contribution in [2.45, 2.75) is 45.5 Å². The first-order valence-corrected chi connectivity index (χ1v) is 14.1. The summed E-state index contributed by atoms with van der Waals surface area (Å²) < 4.78 is 66.0. The number of hydrogen-bond donors (Lipinski definition) is 3. The number of nitrogens with one attached hydrogen (secondary N) is 2. The first kappa shape index (κ1) is 37.3. The van der Waals surface area contributed by atoms with Crippen LogP contribution in [0.1, 0.15) is 49.0 Å². The van der Waals surface area contributed by atoms with Crippen molar-refractivity contribution in [1.29, 1.82) is 5.26 Å². The second kappa shape index (κ2) is 16.4. The second-order valence-corrected chi connectivity index (χ2v) is 11.9. The van der Waals surface area contributed by atoms with Crippen LogP contribution >= 0.6 is 23.2 Å². The largest absolute Gasteiger partial charge is 0.573 e. The number of carbonyl (C=O) groups excluding carboxylic acids is 2. The van der Waals surface area contributed by atoms with Gasteiger partial charge >= 0.3 is 6.36 Å². The van der Waals surface area contributed by atoms with E-state index in [-0.39, 0.29) is 46.2 Å². The Morgan fingerprint density at radius 3 is 2.29 bits per heavy atom. The lowest BCUT2D eigenvalue weighted by Crippen LogP contribution is -2.31. The Kier molecular flexibility index (Phi) is 13.6. The average Bonchev–Trinajstić information content (AvgIpc) is 3.30. The molecule has 1 saturated heterocycles. The zero-order valence-electron chi connectivity index (χ0n) is 24.4. The van der Waals surface area contributed by atoms with Gasteiger partial charge in [0.05, 0.1) is 22.6 Å². The summed E-state index contributed by atoms with van der Waals surface area (Å²) in [7, 11) is 0. The van der Waals surface area contributed by atoms with Crippen LogP contribution in [0.15, 0.2) is 60.7 Å². The van der Waals surface area contributed by atoms with Gasteiger partial charge in [-0.05, 0) is 53.8 Å². The first-order valence-electron chi connectivity index (χ1n) is 13.3. The van der Waals surface area contributed by atoms with Crippen LogP contribution < -0.4 is 21.1 Å². The average molecular weight is 674 g/mol. The highest BCUT2D eigenvalue weighted by Gasteiger charge is 2.40. The molecule has 0 aliphatic carbocycles. The molecule has 0 aromatic heterocycles. The molecule has 45 heavy (non-hydrogen) atoms. The fraction of sp³-hybridized carbons (Fsp3) is 0.323. The van der Waals surface area contributed by atoms with Gasteiger partial charge in [-0.15, -0.1) is 13.2 Å². The predicted molar refractivity (Wildman–Crippen MR) is 162 cm³/mol. The Bertz CT molecular complexity index is 1490. The van der Waals surface area contributed by atoms with E-state index in [0.717, 1.165) is 18.6 Å². The number of carbonyl (C=O) groups is 2. The molecule has 14 heteroatoms. The Hall–Kier alpha value is -3.92. The van der Waals surface area contributed by atoms with Crippen molar-refractivity contribution in [3.63, 3.8) is 0 Å². The molecule has 0 saturated carbocycles. The van der Waals surface area contributed by atoms with Gasteiger partial charge in [0.15, 0.2) is 0 Å². The fourth-order valence-electron chi connectivity index (χ4n) is 4.51. The smallest absolute Gasteiger partial charge is 0.405 e. The van der Waals surface area contributed by atoms with Crippen molar-refractivity contribution in [3.05, 3.63) is 93.5 Å². The summed E-state index contributed by atoms with van der Waals surface area (Å²) in [5, 5.41) is 15.5. The Morgan fingerprint density at radius 1 is 1.11 bits per heavy atom. The van der Waals surface area contributed by atoms with E-state index in [0.29, 0.717) is 17.1 Å². The van der Waals surface area contributed by atoms with E-state index in [1.54, 1.807) is 24.3 Å². The Labute approximate surface area is 267 Å². The van der Waals surface area contributed by atoms with Crippen LogP contribution in [-0.2, 0) is 4.79 Å². The van der Waals surface area contributed by atoms with Crippen molar-refractivity contribution in [2.75, 3.05) is 11.9 Å². The summed E-state index contributed by atoms with van der Waals surface area (Å²) in [5.74, 6) is -2.87. The van der Waals surface area contributed by atoms with Gasteiger partial charge < -0.3 is 21.1 Å². The normalized spacial score (nSPS) is 17.5. The number of ether oxygens (including phenoxy) is 1. The highest BCUT2D eigenvalue weighted by atomic mass is 35.5. The molecule has 3 atom stereocenters. The van der Waals surface area contributed by atoms with Gasteiger partial charge in [-0.2, -0.15) is 5.26 Å². The Morgan fingerprint density at radius 2 is 1.78 bits per heavy atom. The number of benzene rings is 3. The molecule has 3 aromatic rings. The summed E-state index contributed by atoms with van der Waals surface area (Å²) in [6.45, 7) is 7.07. The monoisotopic (exact) mass is 672 g/mol. The van der Waals surface area contributed by atoms with Crippen molar-refractivity contribution in [1.82, 2.24) is 5.32 Å². The number of alkyl halides is 3. The van der Waals surface area contributed by atoms with Crippen molar-refractivity contribution in [2.24, 2.45) is 17.1 Å². The molecule has 1 aliphatic rings. The third-order valence-electron chi connectivity index (χ3n) is 6.31. The zero-order chi connectivity index (χ0) is 33.9. The molecular formula is C31H31Cl2F5N4O3. The number of rotatable bonds is 6. The van der Waals surface area contributed by atoms with Crippen LogP contribution in [0, 0.1) is 34.3 Å². The van der Waals surface area contributed by atoms with Crippen molar-refractivity contribution >= 4 is 41.2 Å². The van der Waals surface area contributed by atoms with Gasteiger partial charge in [-0.1, -0.05) is 62.2 Å². The van der Waals surface area contributed by atoms with E-state index >= 15 is 0 Å². The van der Waals surface area contributed by atoms with Crippen LogP contribution in [0.2, 0.25) is 10.0 Å². The lowest BCUT2D eigenvalue weighted by atomic mass is 9.79. The quantitative estimate of drug-likeness (QED) is 0.182. The topological polar surface area (TPSA) is 117 Å². The molecule has 2 amide bonds. The van der Waals surface area contributed by atoms with Gasteiger partial charge in [0.25, 0.3) is 5.91 Å². The third kappa shape index (κ3) is 12.2. The molecule has 3 unspecified atom stereocenters. The molecule has 4 rings (SSSR count). The highest BCUT2D eigenvalue weighted by Crippen LogP contribution is 2.38. The molecular weight excluding hydrogens is 642 g/mol. The second-order valence-electron chi connectivity index (χ2n) is 11.0. The number of nitriles is 1. The summed E-state index contributed by atoms with van der Waals surface area (Å²) in [4.78, 5) is 21.0. The number of amides is 2. The zero-order valence-corrected chi connectivity index (χ0v) is 25.9. The maximum absolute atomic E-state index is 14.2. The van der Waals surface area contributed by atoms with Gasteiger partial charge in [0.1, 0.15) is 17.4 Å². The molecule has 3 aromatic carbocycles. The number of primary amides is 1. The Balaban J connectivity index is 0.000000255. The number of nitrogens with two attached hydrogens (primary N) is 1. The summed E-state index contributed by atoms with van der Waals surface area (Å²) in [5.41, 5.74) is 5.18. The minimum absolute atomic E-state index is 0.0456. The lowest BCUT2D eigenvalue weighted by Gasteiger charge is -2.26. The van der Waals surface area contributed by atoms with Crippen molar-refractivity contribution < 1.29 is 36.3 Å². The fourth-order valence-corrected chi connectivity index (χ4v) is 4.87. The maximum atomic E-state index is 14.2. The molecule has 1 heterocycles. The van der Waals surface area contributed by atoms with E-state index < -0.39 is 29.4 Å². The summed E-state index contributed by atoms with van der Waals surface area (Å²) >= 11 is 11.3. The van der Waals surface area contributed by atoms with E-state index in [4.69, 9.17) is 28.9 Å². The van der Waals surface area contributed by atoms with E-state index in [9.17, 15) is 36.8 Å². The first-order chi connectivity index (χ1) is 21.0. The van der Waals surface area contributed by atoms with Gasteiger partial charge in [0.2, 0.25) is 6.41 Å². The predicted octanol–water partition coefficient (Wildman–Crippen LogP) is 7.84. The molecule has 4 N–H and O–H groups in total. The van der Waals surface area contributed by atoms with Crippen LogP contribution in [0.4, 0.5) is 27.6 Å². The van der Waals surface area contributed by atoms with Crippen LogP contribution in [0.3, 0.4) is 0 Å². The minimum atomic E-state index is -4.95. The minimum Gasteiger partial charge on any atom is -0.405 e. The maximum Gasteiger partial charge on any atom is 0.573 e. The molecule has 1 fully saturated rings. The molecule has 1 aliphatic heterocycles. The standard InChI is InChI=1S/C16H20ClFN2.C9H7F3N2O3.C6H4ClF/c1-16(2,3)7-14-11(8-19)12(9-20-14)10-5-4-6-13(17)15(10)18;10-9(11,12)17-7-3-5(14-4-15)1-2-6(7)8(13)16;7-5-2-1-3-6(8)4-5/h4-6,11-12,14,20H,7,9H2,1-3H3;1-4H,(H2,13,16)(H,14,15);1-4H. The molecule has 0 bridgehead atoms. The van der Waals surface area contributed by atoms with Gasteiger partial charge in [0, 0.05) is 35.3 Å². The third-order valence-corrected chi connectivity index (χ3v) is 6.84. The molecule has 7 nitrogen and oxygen atoms in total. The van der Waals surface area contributed by atoms with Crippen molar-refractivity contribution in [3.8, 4) is 11.8 Å². The number of nitrogens with zero attached hydrogens (tertiary/aromatic N) is 1. The van der Waals surface area contributed by atoms with Crippen LogP contribution in [0.5, 0.6) is 5.75 Å². The number of hydrogen-bond acceptors (Lipinski definition) is 5. The van der Waals surface area contributed by atoms with E-state index in [1.165, 1.54) is 24.3 Å². The molecule has 242 valence electrons. The molecule has 0 radical (unpaired) electrons. The van der Waals surface area contributed by atoms with Crippen LogP contribution in [-0.4, -0.2) is 31.3 Å². The SMILES string of the molecule is CC(C)(C)CC1NCC(c2cccc(Cl)c2F)C1C#N.Fc1cccc(Cl)c1.NC(=O)c1ccc(NC=O)cc1OC(F)(F)F. The van der Waals surface area contributed by atoms with E-state index in [2.05, 4.69) is 42.2 Å². The highest BCUT2D eigenvalue weighted by molar-refractivity contribution is 6.31. The number of anilines is 1. The summed E-state index contributed by atoms with van der Waals surface area (Å²) in [6.07, 6.45) is -3.79. The number of halogens is 7. The lowest BCUT2D eigenvalue weighted by molar-refractivity contribution is -0.274. The van der Waals surface area contributed by atoms with Crippen LogP contribution in [0.25, 0.3) is 0 Å². The van der Waals surface area contributed by atoms with Gasteiger partial charge in [-0.25, -0.2) is 8.78 Å². The summed E-state index contributed by atoms with van der Waals surface area (Å²) in [6, 6.07) is 16.4. The van der Waals surface area contributed by atoms with E-state index in [1.807, 2.05) is 0 Å². The molecule has 0 spiro atoms. The van der Waals surface area contributed by atoms with Gasteiger partial charge in [-0.3, -0.25) is 9.59 Å².